The zero-order valence-corrected chi connectivity index (χ0v) is 12.7. The molecule has 118 valence electrons. The number of fused-ring (bicyclic) bond motifs is 2. The third-order valence-electron chi connectivity index (χ3n) is 4.22. The zero-order valence-electron chi connectivity index (χ0n) is 12.7. The number of pyridine rings is 1. The summed E-state index contributed by atoms with van der Waals surface area (Å²) in [6, 6.07) is 8.34. The minimum atomic E-state index is 0.0891. The molecule has 0 amide bonds. The Kier molecular flexibility index (Phi) is 3.40. The molecule has 0 bridgehead atoms. The van der Waals surface area contributed by atoms with Crippen LogP contribution in [-0.4, -0.2) is 36.3 Å². The lowest BCUT2D eigenvalue weighted by atomic mass is 10.0. The van der Waals surface area contributed by atoms with Crippen molar-refractivity contribution in [3.63, 3.8) is 0 Å². The fourth-order valence-corrected chi connectivity index (χ4v) is 3.22. The maximum atomic E-state index is 9.32. The number of nitrogens with zero attached hydrogens (tertiary/aromatic N) is 2. The number of rotatable bonds is 5. The van der Waals surface area contributed by atoms with Crippen molar-refractivity contribution in [2.75, 3.05) is 42.0 Å². The van der Waals surface area contributed by atoms with E-state index in [0.29, 0.717) is 13.1 Å². The fourth-order valence-electron chi connectivity index (χ4n) is 3.22. The molecule has 0 atom stereocenters. The first-order chi connectivity index (χ1) is 11.3. The van der Waals surface area contributed by atoms with Gasteiger partial charge in [-0.15, -0.1) is 0 Å². The summed E-state index contributed by atoms with van der Waals surface area (Å²) in [6.07, 6.45) is 3.68. The largest absolute Gasteiger partial charge is 0.394 e. The second-order valence-corrected chi connectivity index (χ2v) is 5.61. The van der Waals surface area contributed by atoms with Crippen molar-refractivity contribution in [2.45, 2.75) is 0 Å². The summed E-state index contributed by atoms with van der Waals surface area (Å²) in [5, 5.41) is 19.2. The van der Waals surface area contributed by atoms with E-state index in [1.54, 1.807) is 6.20 Å². The van der Waals surface area contributed by atoms with E-state index in [1.807, 2.05) is 17.3 Å². The van der Waals surface area contributed by atoms with E-state index in [2.05, 4.69) is 33.9 Å². The molecule has 0 saturated carbocycles. The van der Waals surface area contributed by atoms with Gasteiger partial charge in [0.25, 0.3) is 0 Å². The molecule has 2 aromatic carbocycles. The van der Waals surface area contributed by atoms with Crippen LogP contribution >= 0.6 is 0 Å². The van der Waals surface area contributed by atoms with E-state index in [1.165, 1.54) is 0 Å². The molecule has 4 rings (SSSR count). The molecular formula is C17H19N5O. The van der Waals surface area contributed by atoms with Crippen molar-refractivity contribution in [1.29, 1.82) is 0 Å². The SMILES string of the molecule is NCCNc1ccc2c3c(c4cnccc4cc13)NN2CCO. The Balaban J connectivity index is 2.00. The number of nitrogens with one attached hydrogen (secondary N) is 2. The summed E-state index contributed by atoms with van der Waals surface area (Å²) >= 11 is 0. The predicted octanol–water partition coefficient (Wildman–Crippen LogP) is 1.90. The Hall–Kier alpha value is -2.57. The summed E-state index contributed by atoms with van der Waals surface area (Å²) in [7, 11) is 0. The molecule has 3 aromatic rings. The van der Waals surface area contributed by atoms with E-state index in [9.17, 15) is 5.11 Å². The van der Waals surface area contributed by atoms with E-state index in [4.69, 9.17) is 5.73 Å². The Morgan fingerprint density at radius 1 is 1.26 bits per heavy atom. The molecule has 0 fully saturated rings. The van der Waals surface area contributed by atoms with Gasteiger partial charge in [-0.25, -0.2) is 0 Å². The average molecular weight is 309 g/mol. The number of anilines is 3. The van der Waals surface area contributed by atoms with Gasteiger partial charge in [-0.3, -0.25) is 15.4 Å². The average Bonchev–Trinajstić information content (AvgIpc) is 2.95. The van der Waals surface area contributed by atoms with Crippen LogP contribution in [0.25, 0.3) is 21.5 Å². The Labute approximate surface area is 133 Å². The highest BCUT2D eigenvalue weighted by atomic mass is 16.3. The first-order valence-corrected chi connectivity index (χ1v) is 7.76. The van der Waals surface area contributed by atoms with Gasteiger partial charge in [-0.2, -0.15) is 0 Å². The summed E-state index contributed by atoms with van der Waals surface area (Å²) in [5.41, 5.74) is 12.2. The Bertz CT molecular complexity index is 880. The smallest absolute Gasteiger partial charge is 0.0736 e. The molecule has 0 radical (unpaired) electrons. The van der Waals surface area contributed by atoms with Gasteiger partial charge in [0, 0.05) is 47.3 Å². The number of benzene rings is 2. The predicted molar refractivity (Wildman–Crippen MR) is 94.8 cm³/mol. The van der Waals surface area contributed by atoms with Gasteiger partial charge in [0.1, 0.15) is 0 Å². The molecule has 1 aliphatic rings. The fraction of sp³-hybridized carbons (Fsp3) is 0.235. The second kappa shape index (κ2) is 5.57. The van der Waals surface area contributed by atoms with Crippen molar-refractivity contribution in [2.24, 2.45) is 5.73 Å². The van der Waals surface area contributed by atoms with Crippen molar-refractivity contribution >= 4 is 38.6 Å². The molecule has 6 heteroatoms. The van der Waals surface area contributed by atoms with Crippen LogP contribution in [0.2, 0.25) is 0 Å². The first kappa shape index (κ1) is 14.0. The number of hydrogen-bond donors (Lipinski definition) is 4. The summed E-state index contributed by atoms with van der Waals surface area (Å²) in [6.45, 7) is 1.93. The van der Waals surface area contributed by atoms with Gasteiger partial charge < -0.3 is 16.2 Å². The number of β-amino-alcohol motifs (C(OH)–C–C–N with tert-alkyl or cyclic N) is 1. The number of aliphatic hydroxyl groups is 1. The lowest BCUT2D eigenvalue weighted by Gasteiger charge is -2.19. The number of nitrogens with two attached hydrogens (primary N) is 1. The monoisotopic (exact) mass is 309 g/mol. The van der Waals surface area contributed by atoms with Gasteiger partial charge in [-0.05, 0) is 29.7 Å². The molecule has 23 heavy (non-hydrogen) atoms. The number of aliphatic hydroxyl groups excluding tert-OH is 1. The van der Waals surface area contributed by atoms with E-state index in [-0.39, 0.29) is 6.61 Å². The van der Waals surface area contributed by atoms with Gasteiger partial charge >= 0.3 is 0 Å². The van der Waals surface area contributed by atoms with Crippen LogP contribution in [-0.2, 0) is 0 Å². The lowest BCUT2D eigenvalue weighted by Crippen LogP contribution is -2.29. The van der Waals surface area contributed by atoms with Crippen LogP contribution in [0.5, 0.6) is 0 Å². The molecule has 1 aliphatic heterocycles. The Morgan fingerprint density at radius 2 is 2.17 bits per heavy atom. The topological polar surface area (TPSA) is 86.4 Å². The quantitative estimate of drug-likeness (QED) is 0.539. The van der Waals surface area contributed by atoms with Gasteiger partial charge in [0.2, 0.25) is 0 Å². The molecule has 0 unspecified atom stereocenters. The van der Waals surface area contributed by atoms with Crippen LogP contribution in [0.1, 0.15) is 0 Å². The van der Waals surface area contributed by atoms with E-state index in [0.717, 1.165) is 45.2 Å². The lowest BCUT2D eigenvalue weighted by molar-refractivity contribution is 0.304. The summed E-state index contributed by atoms with van der Waals surface area (Å²) in [4.78, 5) is 4.25. The summed E-state index contributed by atoms with van der Waals surface area (Å²) < 4.78 is 0. The molecule has 0 spiro atoms. The number of aromatic nitrogens is 1. The van der Waals surface area contributed by atoms with Gasteiger partial charge in [0.15, 0.2) is 0 Å². The molecule has 0 aliphatic carbocycles. The first-order valence-electron chi connectivity index (χ1n) is 7.76. The van der Waals surface area contributed by atoms with Crippen LogP contribution in [0.3, 0.4) is 0 Å². The zero-order chi connectivity index (χ0) is 15.8. The van der Waals surface area contributed by atoms with E-state index >= 15 is 0 Å². The van der Waals surface area contributed by atoms with Crippen LogP contribution in [0.4, 0.5) is 17.1 Å². The molecule has 2 heterocycles. The maximum Gasteiger partial charge on any atom is 0.0736 e. The molecule has 5 N–H and O–H groups in total. The van der Waals surface area contributed by atoms with Crippen LogP contribution < -0.4 is 21.5 Å². The summed E-state index contributed by atoms with van der Waals surface area (Å²) in [5.74, 6) is 0. The molecule has 6 nitrogen and oxygen atoms in total. The number of hydrazine groups is 1. The van der Waals surface area contributed by atoms with Gasteiger partial charge in [-0.1, -0.05) is 0 Å². The molecule has 0 saturated heterocycles. The molecular weight excluding hydrogens is 290 g/mol. The minimum Gasteiger partial charge on any atom is -0.394 e. The highest BCUT2D eigenvalue weighted by Gasteiger charge is 2.24. The van der Waals surface area contributed by atoms with Crippen molar-refractivity contribution in [1.82, 2.24) is 4.98 Å². The highest BCUT2D eigenvalue weighted by Crippen LogP contribution is 2.45. The standard InChI is InChI=1S/C17H19N5O/c18-4-6-20-14-1-2-15-16-12(14)9-11-3-5-19-10-13(11)17(16)21-22(15)7-8-23/h1-3,5,9-10,20-21,23H,4,6-8,18H2. The van der Waals surface area contributed by atoms with Crippen molar-refractivity contribution in [3.8, 4) is 0 Å². The van der Waals surface area contributed by atoms with E-state index < -0.39 is 0 Å². The number of hydrogen-bond acceptors (Lipinski definition) is 6. The van der Waals surface area contributed by atoms with Crippen LogP contribution in [0, 0.1) is 0 Å². The highest BCUT2D eigenvalue weighted by molar-refractivity contribution is 6.21. The van der Waals surface area contributed by atoms with Crippen molar-refractivity contribution < 1.29 is 5.11 Å². The Morgan fingerprint density at radius 3 is 3.00 bits per heavy atom. The minimum absolute atomic E-state index is 0.0891. The third-order valence-corrected chi connectivity index (χ3v) is 4.22. The normalized spacial score (nSPS) is 12.9. The van der Waals surface area contributed by atoms with Crippen LogP contribution in [0.15, 0.2) is 36.7 Å². The van der Waals surface area contributed by atoms with Crippen molar-refractivity contribution in [3.05, 3.63) is 36.7 Å². The maximum absolute atomic E-state index is 9.32. The second-order valence-electron chi connectivity index (χ2n) is 5.61. The molecule has 1 aromatic heterocycles. The third kappa shape index (κ3) is 2.15. The van der Waals surface area contributed by atoms with Gasteiger partial charge in [0.05, 0.1) is 24.5 Å².